The summed E-state index contributed by atoms with van der Waals surface area (Å²) in [5, 5.41) is 32.5. The van der Waals surface area contributed by atoms with Gasteiger partial charge in [-0.2, -0.15) is 0 Å². The van der Waals surface area contributed by atoms with Crippen LogP contribution >= 0.6 is 0 Å². The average Bonchev–Trinajstić information content (AvgIpc) is 3.26. The van der Waals surface area contributed by atoms with Gasteiger partial charge in [-0.05, 0) is 117 Å². The first kappa shape index (κ1) is 22.4. The molecular weight excluding hydrogens is 384 g/mol. The van der Waals surface area contributed by atoms with Crippen LogP contribution in [-0.4, -0.2) is 33.6 Å². The Balaban J connectivity index is 1.42. The van der Waals surface area contributed by atoms with Crippen LogP contribution in [0.2, 0.25) is 0 Å². The van der Waals surface area contributed by atoms with Gasteiger partial charge >= 0.3 is 0 Å². The molecule has 0 aromatic carbocycles. The topological polar surface area (TPSA) is 60.7 Å². The van der Waals surface area contributed by atoms with Crippen LogP contribution in [0.4, 0.5) is 0 Å². The first-order chi connectivity index (χ1) is 14.5. The quantitative estimate of drug-likeness (QED) is 0.518. The molecule has 11 unspecified atom stereocenters. The lowest BCUT2D eigenvalue weighted by Gasteiger charge is -2.62. The largest absolute Gasteiger partial charge is 0.393 e. The molecule has 3 heteroatoms. The van der Waals surface area contributed by atoms with Crippen LogP contribution < -0.4 is 0 Å². The van der Waals surface area contributed by atoms with E-state index in [1.54, 1.807) is 0 Å². The van der Waals surface area contributed by atoms with Gasteiger partial charge in [0.25, 0.3) is 0 Å². The summed E-state index contributed by atoms with van der Waals surface area (Å²) in [7, 11) is 0. The number of rotatable bonds is 4. The molecule has 0 saturated heterocycles. The summed E-state index contributed by atoms with van der Waals surface area (Å²) in [6, 6.07) is 0. The summed E-state index contributed by atoms with van der Waals surface area (Å²) in [6.45, 7) is 12.1. The van der Waals surface area contributed by atoms with Crippen molar-refractivity contribution in [1.82, 2.24) is 0 Å². The number of allylic oxidation sites excluding steroid dienone is 2. The highest BCUT2D eigenvalue weighted by Crippen LogP contribution is 2.87. The minimum atomic E-state index is -0.739. The van der Waals surface area contributed by atoms with Gasteiger partial charge in [0.2, 0.25) is 0 Å². The molecule has 11 atom stereocenters. The Kier molecular flexibility index (Phi) is 5.10. The third-order valence-electron chi connectivity index (χ3n) is 12.2. The van der Waals surface area contributed by atoms with Gasteiger partial charge in [-0.25, -0.2) is 0 Å². The van der Waals surface area contributed by atoms with Crippen molar-refractivity contribution in [3.8, 4) is 0 Å². The van der Waals surface area contributed by atoms with Crippen LogP contribution in [0.3, 0.4) is 0 Å². The second-order valence-corrected chi connectivity index (χ2v) is 13.3. The maximum Gasteiger partial charge on any atom is 0.0857 e. The summed E-state index contributed by atoms with van der Waals surface area (Å²) in [5.74, 6) is 1.99. The van der Waals surface area contributed by atoms with E-state index in [-0.39, 0.29) is 16.7 Å². The predicted molar refractivity (Wildman–Crippen MR) is 124 cm³/mol. The van der Waals surface area contributed by atoms with Crippen molar-refractivity contribution >= 4 is 0 Å². The van der Waals surface area contributed by atoms with Crippen molar-refractivity contribution in [2.24, 2.45) is 45.3 Å². The molecule has 5 aliphatic rings. The fraction of sp³-hybridized carbons (Fsp3) is 0.929. The van der Waals surface area contributed by atoms with Crippen LogP contribution in [0.5, 0.6) is 0 Å². The van der Waals surface area contributed by atoms with Gasteiger partial charge in [-0.3, -0.25) is 0 Å². The molecule has 0 aromatic rings. The lowest BCUT2D eigenvalue weighted by molar-refractivity contribution is -0.194. The zero-order valence-corrected chi connectivity index (χ0v) is 20.5. The van der Waals surface area contributed by atoms with Crippen molar-refractivity contribution in [2.45, 2.75) is 117 Å². The zero-order chi connectivity index (χ0) is 22.4. The van der Waals surface area contributed by atoms with Gasteiger partial charge in [0.15, 0.2) is 0 Å². The third-order valence-corrected chi connectivity index (χ3v) is 12.2. The van der Waals surface area contributed by atoms with E-state index in [0.29, 0.717) is 23.2 Å². The molecule has 5 aliphatic carbocycles. The second-order valence-electron chi connectivity index (χ2n) is 13.3. The molecule has 0 amide bonds. The molecule has 5 saturated carbocycles. The van der Waals surface area contributed by atoms with Gasteiger partial charge in [0.1, 0.15) is 0 Å². The van der Waals surface area contributed by atoms with Crippen molar-refractivity contribution < 1.29 is 15.3 Å². The first-order valence-corrected chi connectivity index (χ1v) is 13.2. The van der Waals surface area contributed by atoms with Crippen LogP contribution in [0, 0.1) is 45.3 Å². The molecule has 3 nitrogen and oxygen atoms in total. The van der Waals surface area contributed by atoms with Crippen molar-refractivity contribution in [1.29, 1.82) is 0 Å². The van der Waals surface area contributed by atoms with E-state index in [1.807, 2.05) is 0 Å². The molecule has 0 aromatic heterocycles. The highest BCUT2D eigenvalue weighted by atomic mass is 16.3. The molecule has 0 bridgehead atoms. The monoisotopic (exact) mass is 430 g/mol. The summed E-state index contributed by atoms with van der Waals surface area (Å²) in [6.07, 6.45) is 12.0. The summed E-state index contributed by atoms with van der Waals surface area (Å²) >= 11 is 0. The van der Waals surface area contributed by atoms with Crippen LogP contribution in [0.15, 0.2) is 11.6 Å². The molecule has 2 spiro atoms. The Morgan fingerprint density at radius 1 is 0.935 bits per heavy atom. The SMILES string of the molecule is CC(C)=CCCC(C)C1CCC2(C)C3CC(O)C4C(O)C(O)CCC45CC35CCC12C. The van der Waals surface area contributed by atoms with Crippen LogP contribution in [0.25, 0.3) is 0 Å². The van der Waals surface area contributed by atoms with E-state index in [2.05, 4.69) is 40.7 Å². The highest BCUT2D eigenvalue weighted by Gasteiger charge is 2.82. The average molecular weight is 431 g/mol. The summed E-state index contributed by atoms with van der Waals surface area (Å²) in [4.78, 5) is 0. The van der Waals surface area contributed by atoms with E-state index in [9.17, 15) is 15.3 Å². The normalized spacial score (nSPS) is 56.0. The van der Waals surface area contributed by atoms with Gasteiger partial charge in [0.05, 0.1) is 18.3 Å². The number of fused-ring (bicyclic) bond motifs is 2. The molecular formula is C28H46O3. The lowest BCUT2D eigenvalue weighted by Crippen LogP contribution is -2.60. The molecule has 176 valence electrons. The lowest BCUT2D eigenvalue weighted by atomic mass is 9.43. The molecule has 5 fully saturated rings. The summed E-state index contributed by atoms with van der Waals surface area (Å²) < 4.78 is 0. The standard InChI is InChI=1S/C28H46O3/c1-17(2)7-6-8-18(3)19-9-11-26(5)22-15-21(30)23-24(31)20(29)10-12-28(23)16-27(22,28)14-13-25(19,26)4/h7,18-24,29-31H,6,8-16H2,1-5H3. The second kappa shape index (κ2) is 7.06. The Hall–Kier alpha value is -0.380. The van der Waals surface area contributed by atoms with Crippen LogP contribution in [0.1, 0.15) is 98.8 Å². The fourth-order valence-corrected chi connectivity index (χ4v) is 10.4. The first-order valence-electron chi connectivity index (χ1n) is 13.2. The van der Waals surface area contributed by atoms with Crippen molar-refractivity contribution in [3.63, 3.8) is 0 Å². The van der Waals surface area contributed by atoms with E-state index in [0.717, 1.165) is 24.7 Å². The van der Waals surface area contributed by atoms with E-state index in [4.69, 9.17) is 0 Å². The van der Waals surface area contributed by atoms with Crippen molar-refractivity contribution in [3.05, 3.63) is 11.6 Å². The molecule has 31 heavy (non-hydrogen) atoms. The minimum absolute atomic E-state index is 0.0888. The highest BCUT2D eigenvalue weighted by molar-refractivity contribution is 5.31. The van der Waals surface area contributed by atoms with Crippen LogP contribution in [-0.2, 0) is 0 Å². The Labute approximate surface area is 189 Å². The predicted octanol–water partition coefficient (Wildman–Crippen LogP) is 5.47. The molecule has 0 aliphatic heterocycles. The van der Waals surface area contributed by atoms with Gasteiger partial charge in [-0.15, -0.1) is 0 Å². The smallest absolute Gasteiger partial charge is 0.0857 e. The fourth-order valence-electron chi connectivity index (χ4n) is 10.4. The maximum atomic E-state index is 11.3. The maximum absolute atomic E-state index is 11.3. The van der Waals surface area contributed by atoms with Gasteiger partial charge < -0.3 is 15.3 Å². The Bertz CT molecular complexity index is 757. The number of aliphatic hydroxyl groups excluding tert-OH is 3. The Morgan fingerprint density at radius 3 is 2.39 bits per heavy atom. The zero-order valence-electron chi connectivity index (χ0n) is 20.5. The molecule has 5 rings (SSSR count). The van der Waals surface area contributed by atoms with Gasteiger partial charge in [0, 0.05) is 5.92 Å². The third kappa shape index (κ3) is 2.75. The number of hydrogen-bond donors (Lipinski definition) is 3. The van der Waals surface area contributed by atoms with E-state index in [1.165, 1.54) is 50.5 Å². The molecule has 3 N–H and O–H groups in total. The minimum Gasteiger partial charge on any atom is -0.393 e. The Morgan fingerprint density at radius 2 is 1.68 bits per heavy atom. The van der Waals surface area contributed by atoms with Gasteiger partial charge in [-0.1, -0.05) is 32.4 Å². The summed E-state index contributed by atoms with van der Waals surface area (Å²) in [5.41, 5.74) is 2.48. The molecule has 0 heterocycles. The molecule has 0 radical (unpaired) electrons. The van der Waals surface area contributed by atoms with Crippen molar-refractivity contribution in [2.75, 3.05) is 0 Å². The van der Waals surface area contributed by atoms with E-state index >= 15 is 0 Å². The number of aliphatic hydroxyl groups is 3. The van der Waals surface area contributed by atoms with E-state index < -0.39 is 18.3 Å². The number of hydrogen-bond acceptors (Lipinski definition) is 3.